The van der Waals surface area contributed by atoms with Gasteiger partial charge in [0.2, 0.25) is 5.91 Å². The quantitative estimate of drug-likeness (QED) is 0.592. The van der Waals surface area contributed by atoms with E-state index in [1.807, 2.05) is 6.92 Å². The van der Waals surface area contributed by atoms with Crippen molar-refractivity contribution in [1.29, 1.82) is 0 Å². The summed E-state index contributed by atoms with van der Waals surface area (Å²) >= 11 is 0. The topological polar surface area (TPSA) is 96.0 Å². The molecule has 2 aliphatic heterocycles. The first-order valence-corrected chi connectivity index (χ1v) is 9.38. The molecule has 8 nitrogen and oxygen atoms in total. The summed E-state index contributed by atoms with van der Waals surface area (Å²) in [5, 5.41) is 2.86. The molecule has 2 heterocycles. The van der Waals surface area contributed by atoms with Gasteiger partial charge < -0.3 is 15.0 Å². The van der Waals surface area contributed by atoms with Crippen LogP contribution in [0.3, 0.4) is 0 Å². The van der Waals surface area contributed by atoms with Crippen LogP contribution >= 0.6 is 0 Å². The van der Waals surface area contributed by atoms with Crippen LogP contribution in [0.5, 0.6) is 0 Å². The highest BCUT2D eigenvalue weighted by Crippen LogP contribution is 2.38. The van der Waals surface area contributed by atoms with Crippen molar-refractivity contribution in [1.82, 2.24) is 15.1 Å². The van der Waals surface area contributed by atoms with Crippen LogP contribution in [-0.4, -0.2) is 65.9 Å². The Hall–Kier alpha value is -2.12. The van der Waals surface area contributed by atoms with Gasteiger partial charge in [-0.1, -0.05) is 19.8 Å². The Bertz CT molecular complexity index is 614. The van der Waals surface area contributed by atoms with E-state index in [-0.39, 0.29) is 36.2 Å². The lowest BCUT2D eigenvalue weighted by atomic mass is 9.73. The van der Waals surface area contributed by atoms with Crippen molar-refractivity contribution >= 4 is 23.8 Å². The molecule has 0 bridgehead atoms. The summed E-state index contributed by atoms with van der Waals surface area (Å²) in [5.41, 5.74) is -0.840. The maximum absolute atomic E-state index is 12.9. The SMILES string of the molecule is COC(=O)C1CCN(C(=O)CN2C(=O)N[C@]3(CCCC[C@@H]3C)C2=O)CC1. The second-order valence-corrected chi connectivity index (χ2v) is 7.62. The fourth-order valence-corrected chi connectivity index (χ4v) is 4.41. The van der Waals surface area contributed by atoms with E-state index in [0.717, 1.165) is 24.2 Å². The molecule has 4 amide bonds. The van der Waals surface area contributed by atoms with Gasteiger partial charge in [0.25, 0.3) is 5.91 Å². The predicted molar refractivity (Wildman–Crippen MR) is 91.9 cm³/mol. The first kappa shape index (κ1) is 18.7. The second kappa shape index (κ2) is 7.25. The molecular formula is C18H27N3O5. The number of likely N-dealkylation sites (tertiary alicyclic amines) is 1. The number of amides is 4. The Morgan fingerprint density at radius 1 is 1.19 bits per heavy atom. The molecule has 2 atom stereocenters. The van der Waals surface area contributed by atoms with Crippen molar-refractivity contribution in [2.45, 2.75) is 51.0 Å². The third-order valence-electron chi connectivity index (χ3n) is 6.18. The Labute approximate surface area is 153 Å². The van der Waals surface area contributed by atoms with Crippen molar-refractivity contribution in [2.75, 3.05) is 26.7 Å². The first-order valence-electron chi connectivity index (χ1n) is 9.38. The average Bonchev–Trinajstić information content (AvgIpc) is 2.88. The van der Waals surface area contributed by atoms with Gasteiger partial charge in [-0.25, -0.2) is 4.79 Å². The standard InChI is InChI=1S/C18H27N3O5/c1-12-5-3-4-8-18(12)16(24)21(17(25)19-18)11-14(22)20-9-6-13(7-10-20)15(23)26-2/h12-13H,3-11H2,1-2H3,(H,19,25)/t12-,18-/m0/s1. The number of imide groups is 1. The molecule has 3 fully saturated rings. The molecule has 3 rings (SSSR count). The minimum atomic E-state index is -0.840. The monoisotopic (exact) mass is 365 g/mol. The van der Waals surface area contributed by atoms with Crippen molar-refractivity contribution in [3.05, 3.63) is 0 Å². The van der Waals surface area contributed by atoms with Crippen LogP contribution in [0, 0.1) is 11.8 Å². The maximum Gasteiger partial charge on any atom is 0.325 e. The fraction of sp³-hybridized carbons (Fsp3) is 0.778. The summed E-state index contributed by atoms with van der Waals surface area (Å²) in [6.45, 7) is 2.62. The van der Waals surface area contributed by atoms with Gasteiger partial charge in [0, 0.05) is 13.1 Å². The van der Waals surface area contributed by atoms with Crippen LogP contribution in [-0.2, 0) is 19.1 Å². The van der Waals surface area contributed by atoms with Crippen molar-refractivity contribution < 1.29 is 23.9 Å². The number of piperidine rings is 1. The number of methoxy groups -OCH3 is 1. The normalized spacial score (nSPS) is 29.8. The third-order valence-corrected chi connectivity index (χ3v) is 6.18. The minimum absolute atomic E-state index is 0.0728. The number of rotatable bonds is 3. The van der Waals surface area contributed by atoms with Crippen LogP contribution in [0.15, 0.2) is 0 Å². The van der Waals surface area contributed by atoms with E-state index >= 15 is 0 Å². The fourth-order valence-electron chi connectivity index (χ4n) is 4.41. The van der Waals surface area contributed by atoms with Gasteiger partial charge >= 0.3 is 12.0 Å². The summed E-state index contributed by atoms with van der Waals surface area (Å²) in [6.07, 6.45) is 4.57. The number of nitrogens with zero attached hydrogens (tertiary/aromatic N) is 2. The first-order chi connectivity index (χ1) is 12.4. The Morgan fingerprint density at radius 3 is 2.50 bits per heavy atom. The molecule has 3 aliphatic rings. The van der Waals surface area contributed by atoms with E-state index < -0.39 is 11.6 Å². The van der Waals surface area contributed by atoms with Crippen molar-refractivity contribution in [2.24, 2.45) is 11.8 Å². The zero-order chi connectivity index (χ0) is 18.9. The van der Waals surface area contributed by atoms with Crippen LogP contribution in [0.1, 0.15) is 45.4 Å². The smallest absolute Gasteiger partial charge is 0.325 e. The van der Waals surface area contributed by atoms with E-state index in [1.165, 1.54) is 7.11 Å². The van der Waals surface area contributed by atoms with Gasteiger partial charge in [-0.15, -0.1) is 0 Å². The molecule has 0 radical (unpaired) electrons. The van der Waals surface area contributed by atoms with E-state index in [2.05, 4.69) is 5.32 Å². The molecule has 0 aromatic carbocycles. The predicted octanol–water partition coefficient (Wildman–Crippen LogP) is 0.899. The zero-order valence-electron chi connectivity index (χ0n) is 15.5. The lowest BCUT2D eigenvalue weighted by Gasteiger charge is -2.37. The number of ether oxygens (including phenoxy) is 1. The molecule has 1 saturated carbocycles. The van der Waals surface area contributed by atoms with Crippen LogP contribution < -0.4 is 5.32 Å². The Balaban J connectivity index is 1.60. The zero-order valence-corrected chi connectivity index (χ0v) is 15.5. The van der Waals surface area contributed by atoms with Gasteiger partial charge in [0.1, 0.15) is 12.1 Å². The molecule has 144 valence electrons. The number of carbonyl (C=O) groups excluding carboxylic acids is 4. The summed E-state index contributed by atoms with van der Waals surface area (Å²) < 4.78 is 4.75. The van der Waals surface area contributed by atoms with Gasteiger partial charge in [-0.2, -0.15) is 0 Å². The summed E-state index contributed by atoms with van der Waals surface area (Å²) in [6, 6.07) is -0.471. The number of urea groups is 1. The lowest BCUT2D eigenvalue weighted by molar-refractivity contribution is -0.149. The van der Waals surface area contributed by atoms with Crippen LogP contribution in [0.25, 0.3) is 0 Å². The van der Waals surface area contributed by atoms with Gasteiger partial charge in [-0.3, -0.25) is 19.3 Å². The molecular weight excluding hydrogens is 338 g/mol. The van der Waals surface area contributed by atoms with E-state index in [4.69, 9.17) is 4.74 Å². The molecule has 1 aliphatic carbocycles. The Morgan fingerprint density at radius 2 is 1.88 bits per heavy atom. The van der Waals surface area contributed by atoms with Crippen molar-refractivity contribution in [3.63, 3.8) is 0 Å². The Kier molecular flexibility index (Phi) is 5.20. The van der Waals surface area contributed by atoms with Gasteiger partial charge in [0.15, 0.2) is 0 Å². The summed E-state index contributed by atoms with van der Waals surface area (Å²) in [4.78, 5) is 52.1. The molecule has 2 saturated heterocycles. The molecule has 1 spiro atoms. The molecule has 1 N–H and O–H groups in total. The largest absolute Gasteiger partial charge is 0.469 e. The van der Waals surface area contributed by atoms with Gasteiger partial charge in [0.05, 0.1) is 13.0 Å². The highest BCUT2D eigenvalue weighted by molar-refractivity contribution is 6.09. The highest BCUT2D eigenvalue weighted by atomic mass is 16.5. The molecule has 26 heavy (non-hydrogen) atoms. The minimum Gasteiger partial charge on any atom is -0.469 e. The molecule has 8 heteroatoms. The molecule has 0 unspecified atom stereocenters. The van der Waals surface area contributed by atoms with E-state index in [1.54, 1.807) is 4.90 Å². The number of hydrogen-bond donors (Lipinski definition) is 1. The average molecular weight is 365 g/mol. The maximum atomic E-state index is 12.9. The summed E-state index contributed by atoms with van der Waals surface area (Å²) in [5.74, 6) is -0.889. The summed E-state index contributed by atoms with van der Waals surface area (Å²) in [7, 11) is 1.36. The second-order valence-electron chi connectivity index (χ2n) is 7.62. The number of nitrogens with one attached hydrogen (secondary N) is 1. The van der Waals surface area contributed by atoms with Crippen LogP contribution in [0.4, 0.5) is 4.79 Å². The van der Waals surface area contributed by atoms with Gasteiger partial charge in [-0.05, 0) is 31.6 Å². The highest BCUT2D eigenvalue weighted by Gasteiger charge is 2.55. The number of carbonyl (C=O) groups is 4. The molecule has 0 aromatic rings. The van der Waals surface area contributed by atoms with E-state index in [0.29, 0.717) is 32.4 Å². The lowest BCUT2D eigenvalue weighted by Crippen LogP contribution is -2.54. The third kappa shape index (κ3) is 3.17. The van der Waals surface area contributed by atoms with Crippen molar-refractivity contribution in [3.8, 4) is 0 Å². The van der Waals surface area contributed by atoms with Crippen LogP contribution in [0.2, 0.25) is 0 Å². The number of esters is 1. The molecule has 0 aromatic heterocycles. The number of hydrogen-bond acceptors (Lipinski definition) is 5. The van der Waals surface area contributed by atoms with E-state index in [9.17, 15) is 19.2 Å².